The number of piperazine rings is 1. The van der Waals surface area contributed by atoms with Gasteiger partial charge in [-0.2, -0.15) is 0 Å². The van der Waals surface area contributed by atoms with E-state index in [2.05, 4.69) is 27.8 Å². The molecule has 2 saturated heterocycles. The minimum absolute atomic E-state index is 0.0270. The average Bonchev–Trinajstić information content (AvgIpc) is 4.27. The number of likely N-dealkylation sites (tertiary alicyclic amines) is 1. The van der Waals surface area contributed by atoms with Crippen LogP contribution in [0.2, 0.25) is 0 Å². The van der Waals surface area contributed by atoms with Crippen LogP contribution in [-0.2, 0) is 60.7 Å². The molecule has 458 valence electrons. The van der Waals surface area contributed by atoms with Crippen molar-refractivity contribution >= 4 is 59.1 Å². The van der Waals surface area contributed by atoms with Crippen molar-refractivity contribution in [1.29, 1.82) is 0 Å². The maximum Gasteiger partial charge on any atom is 0.410 e. The van der Waals surface area contributed by atoms with Crippen LogP contribution >= 0.6 is 0 Å². The molecule has 0 saturated carbocycles. The van der Waals surface area contributed by atoms with Crippen LogP contribution in [0.4, 0.5) is 10.5 Å². The minimum Gasteiger partial charge on any atom is -0.444 e. The van der Waals surface area contributed by atoms with Gasteiger partial charge >= 0.3 is 6.09 Å². The van der Waals surface area contributed by atoms with E-state index in [0.717, 1.165) is 11.1 Å². The summed E-state index contributed by atoms with van der Waals surface area (Å²) in [5.74, 6) is -2.38. The molecule has 0 spiro atoms. The Bertz CT molecular complexity index is 2540. The largest absolute Gasteiger partial charge is 0.444 e. The fourth-order valence-electron chi connectivity index (χ4n) is 11.0. The molecule has 3 aliphatic heterocycles. The monoisotopic (exact) mass is 1150 g/mol. The first-order valence-corrected chi connectivity index (χ1v) is 29.5. The number of hydrogen-bond acceptors (Lipinski definition) is 12. The number of carbonyl (C=O) groups is 8. The van der Waals surface area contributed by atoms with Gasteiger partial charge in [0, 0.05) is 112 Å². The summed E-state index contributed by atoms with van der Waals surface area (Å²) in [6.45, 7) is 18.3. The zero-order chi connectivity index (χ0) is 61.1. The fourth-order valence-corrected chi connectivity index (χ4v) is 11.0. The third kappa shape index (κ3) is 19.3. The Morgan fingerprint density at radius 1 is 0.783 bits per heavy atom. The number of guanidine groups is 1. The Morgan fingerprint density at radius 2 is 1.42 bits per heavy atom. The number of hydrogen-bond donors (Lipinski definition) is 3. The number of anilines is 1. The Hall–Kier alpha value is -6.87. The van der Waals surface area contributed by atoms with Crippen molar-refractivity contribution in [3.63, 3.8) is 0 Å². The lowest BCUT2D eigenvalue weighted by Gasteiger charge is -2.41. The fraction of sp³-hybridized carbons (Fsp3) is 0.629. The highest BCUT2D eigenvalue weighted by Crippen LogP contribution is 2.30. The lowest BCUT2D eigenvalue weighted by Crippen LogP contribution is -2.56. The normalized spacial score (nSPS) is 18.3. The minimum atomic E-state index is -0.977. The van der Waals surface area contributed by atoms with Crippen LogP contribution in [0.3, 0.4) is 0 Å². The SMILES string of the molecule is CC[C@H](C)[C@@H]([C@@H](CC(=O)N1CCC[C@H]1[C@H](OC)[C@@H](C)C(=O)N[C@@H](Cc1ccccc1)C(=O)Nc1ccc(CNC(=O)CCCCCN2C(=O)C=CC2=O)cc1)OC)N(C)C(=O)[C@@H](N=C(N(C)C)N1CCN(C(=O)OC(C)(C)C)CC1)C(C)C. The summed E-state index contributed by atoms with van der Waals surface area (Å²) >= 11 is 0. The molecule has 5 rings (SSSR count). The van der Waals surface area contributed by atoms with Crippen LogP contribution in [-0.4, -0.2) is 199 Å². The van der Waals surface area contributed by atoms with Crippen molar-refractivity contribution in [3.05, 3.63) is 77.9 Å². The van der Waals surface area contributed by atoms with Gasteiger partial charge in [-0.05, 0) is 81.5 Å². The van der Waals surface area contributed by atoms with E-state index in [0.29, 0.717) is 95.9 Å². The van der Waals surface area contributed by atoms with Gasteiger partial charge < -0.3 is 54.7 Å². The standard InChI is InChI=1S/C62H94N10O11/c1-14-42(4)55(68(11)59(79)54(41(2)3)66-60(67(9)10)69-34-36-70(37-35-69)61(80)83-62(6,7)8)49(81-12)39-53(76)71-33-21-24-48(71)56(82-13)43(5)57(77)65-47(38-44-22-17-15-18-23-44)58(78)64-46-28-26-45(27-29-46)40-63-50(73)25-19-16-20-32-72-51(74)30-31-52(72)75/h15,17-18,22-23,26-31,41-43,47-49,54-56H,14,16,19-21,24-25,32-40H2,1-13H3,(H,63,73)(H,64,78)(H,65,77)/t42-,43+,47-,48-,49+,54-,55-,56+/m0/s1. The van der Waals surface area contributed by atoms with Gasteiger partial charge in [-0.25, -0.2) is 9.79 Å². The molecule has 0 aliphatic carbocycles. The van der Waals surface area contributed by atoms with Gasteiger partial charge in [0.2, 0.25) is 29.5 Å². The number of ether oxygens (including phenoxy) is 3. The van der Waals surface area contributed by atoms with E-state index in [4.69, 9.17) is 19.2 Å². The predicted molar refractivity (Wildman–Crippen MR) is 319 cm³/mol. The summed E-state index contributed by atoms with van der Waals surface area (Å²) in [4.78, 5) is 122. The second kappa shape index (κ2) is 31.7. The van der Waals surface area contributed by atoms with Crippen molar-refractivity contribution < 1.29 is 52.6 Å². The number of nitrogens with zero attached hydrogens (tertiary/aromatic N) is 7. The highest BCUT2D eigenvalue weighted by molar-refractivity contribution is 6.12. The molecule has 0 radical (unpaired) electrons. The smallest absolute Gasteiger partial charge is 0.410 e. The van der Waals surface area contributed by atoms with Crippen molar-refractivity contribution in [2.45, 2.75) is 162 Å². The summed E-state index contributed by atoms with van der Waals surface area (Å²) in [7, 11) is 8.64. The van der Waals surface area contributed by atoms with Gasteiger partial charge in [0.1, 0.15) is 17.7 Å². The van der Waals surface area contributed by atoms with Gasteiger partial charge in [-0.1, -0.05) is 89.9 Å². The van der Waals surface area contributed by atoms with Crippen LogP contribution in [0.1, 0.15) is 118 Å². The molecule has 21 nitrogen and oxygen atoms in total. The summed E-state index contributed by atoms with van der Waals surface area (Å²) in [6.07, 6.45) is 5.13. The molecule has 8 amide bonds. The summed E-state index contributed by atoms with van der Waals surface area (Å²) in [5.41, 5.74) is 1.55. The molecule has 0 aromatic heterocycles. The van der Waals surface area contributed by atoms with Crippen molar-refractivity contribution in [2.24, 2.45) is 22.7 Å². The van der Waals surface area contributed by atoms with E-state index in [-0.39, 0.29) is 66.9 Å². The zero-order valence-corrected chi connectivity index (χ0v) is 51.5. The first-order chi connectivity index (χ1) is 39.4. The molecule has 83 heavy (non-hydrogen) atoms. The highest BCUT2D eigenvalue weighted by Gasteiger charge is 2.43. The number of likely N-dealkylation sites (N-methyl/N-ethyl adjacent to an activating group) is 1. The molecule has 0 unspecified atom stereocenters. The first kappa shape index (κ1) is 66.9. The molecule has 3 aliphatic rings. The summed E-state index contributed by atoms with van der Waals surface area (Å²) in [5, 5.41) is 8.88. The first-order valence-electron chi connectivity index (χ1n) is 29.5. The number of imide groups is 1. The van der Waals surface area contributed by atoms with Crippen molar-refractivity contribution in [2.75, 3.05) is 79.9 Å². The Labute approximate surface area is 492 Å². The molecule has 2 aromatic carbocycles. The number of rotatable bonds is 27. The van der Waals surface area contributed by atoms with E-state index < -0.39 is 59.7 Å². The van der Waals surface area contributed by atoms with E-state index >= 15 is 0 Å². The topological polar surface area (TPSA) is 232 Å². The number of unbranched alkanes of at least 4 members (excludes halogenated alkanes) is 2. The van der Waals surface area contributed by atoms with Crippen LogP contribution in [0.5, 0.6) is 0 Å². The van der Waals surface area contributed by atoms with Gasteiger partial charge in [-0.3, -0.25) is 38.5 Å². The quantitative estimate of drug-likeness (QED) is 0.0412. The van der Waals surface area contributed by atoms with E-state index in [1.165, 1.54) is 24.2 Å². The number of nitrogens with one attached hydrogen (secondary N) is 3. The van der Waals surface area contributed by atoms with Gasteiger partial charge in [0.25, 0.3) is 11.8 Å². The van der Waals surface area contributed by atoms with E-state index in [1.54, 1.807) is 60.0 Å². The molecule has 3 N–H and O–H groups in total. The second-order valence-electron chi connectivity index (χ2n) is 23.7. The molecule has 21 heteroatoms. The van der Waals surface area contributed by atoms with Crippen LogP contribution in [0.15, 0.2) is 71.7 Å². The lowest BCUT2D eigenvalue weighted by molar-refractivity contribution is -0.146. The number of benzene rings is 2. The Balaban J connectivity index is 1.21. The molecular formula is C62H94N10O11. The number of carbonyl (C=O) groups excluding carboxylic acids is 8. The van der Waals surface area contributed by atoms with Gasteiger partial charge in [0.05, 0.1) is 36.6 Å². The lowest BCUT2D eigenvalue weighted by atomic mass is 9.89. The van der Waals surface area contributed by atoms with Crippen molar-refractivity contribution in [1.82, 2.24) is 40.0 Å². The molecule has 2 aromatic rings. The highest BCUT2D eigenvalue weighted by atomic mass is 16.6. The van der Waals surface area contributed by atoms with E-state index in [1.807, 2.05) is 90.9 Å². The Morgan fingerprint density at radius 3 is 2.00 bits per heavy atom. The van der Waals surface area contributed by atoms with Crippen LogP contribution in [0, 0.1) is 17.8 Å². The Kier molecular flexibility index (Phi) is 25.6. The van der Waals surface area contributed by atoms with E-state index in [9.17, 15) is 38.4 Å². The summed E-state index contributed by atoms with van der Waals surface area (Å²) < 4.78 is 17.9. The average molecular weight is 1160 g/mol. The third-order valence-corrected chi connectivity index (χ3v) is 15.8. The maximum atomic E-state index is 14.8. The molecular weight excluding hydrogens is 1060 g/mol. The second-order valence-corrected chi connectivity index (χ2v) is 23.7. The molecule has 0 bridgehead atoms. The van der Waals surface area contributed by atoms with Gasteiger partial charge in [-0.15, -0.1) is 0 Å². The molecule has 3 heterocycles. The zero-order valence-electron chi connectivity index (χ0n) is 51.5. The number of aliphatic imine (C=N–C) groups is 1. The van der Waals surface area contributed by atoms with Crippen LogP contribution < -0.4 is 16.0 Å². The number of methoxy groups -OCH3 is 2. The van der Waals surface area contributed by atoms with Crippen molar-refractivity contribution in [3.8, 4) is 0 Å². The third-order valence-electron chi connectivity index (χ3n) is 15.8. The summed E-state index contributed by atoms with van der Waals surface area (Å²) in [6, 6.07) is 13.8. The predicted octanol–water partition coefficient (Wildman–Crippen LogP) is 5.87. The van der Waals surface area contributed by atoms with Crippen LogP contribution in [0.25, 0.3) is 0 Å². The maximum absolute atomic E-state index is 14.8. The molecule has 2 fully saturated rings. The van der Waals surface area contributed by atoms with Gasteiger partial charge in [0.15, 0.2) is 5.96 Å². The number of amides is 8. The molecule has 8 atom stereocenters.